The smallest absolute Gasteiger partial charge is 0.0576 e. The van der Waals surface area contributed by atoms with Crippen molar-refractivity contribution in [2.45, 2.75) is 64.2 Å². The van der Waals surface area contributed by atoms with Gasteiger partial charge in [0.1, 0.15) is 0 Å². The van der Waals surface area contributed by atoms with E-state index in [1.807, 2.05) is 0 Å². The molecule has 0 bridgehead atoms. The van der Waals surface area contributed by atoms with Gasteiger partial charge in [0.25, 0.3) is 0 Å². The molecular formula is C18H29NS. The van der Waals surface area contributed by atoms with Crippen molar-refractivity contribution >= 4 is 21.1 Å². The van der Waals surface area contributed by atoms with Crippen LogP contribution in [0.1, 0.15) is 47.1 Å². The van der Waals surface area contributed by atoms with E-state index in [1.54, 1.807) is 0 Å². The van der Waals surface area contributed by atoms with Crippen LogP contribution in [0, 0.1) is 6.92 Å². The van der Waals surface area contributed by atoms with E-state index in [4.69, 9.17) is 0 Å². The maximum Gasteiger partial charge on any atom is 0.0576 e. The van der Waals surface area contributed by atoms with Gasteiger partial charge in [-0.2, -0.15) is 10.2 Å². The van der Waals surface area contributed by atoms with Gasteiger partial charge < -0.3 is 3.97 Å². The van der Waals surface area contributed by atoms with Gasteiger partial charge in [0.05, 0.1) is 5.52 Å². The molecule has 0 saturated heterocycles. The van der Waals surface area contributed by atoms with E-state index in [2.05, 4.69) is 82.9 Å². The Hall–Kier alpha value is -0.890. The molecule has 2 rings (SSSR count). The van der Waals surface area contributed by atoms with E-state index in [9.17, 15) is 0 Å². The van der Waals surface area contributed by atoms with E-state index < -0.39 is 10.2 Å². The number of aromatic nitrogens is 1. The lowest BCUT2D eigenvalue weighted by molar-refractivity contribution is 0.914. The molecule has 0 aliphatic rings. The average Bonchev–Trinajstić information content (AvgIpc) is 2.72. The topological polar surface area (TPSA) is 4.93 Å². The van der Waals surface area contributed by atoms with Crippen LogP contribution in [-0.2, 0) is 0 Å². The number of fused-ring (bicyclic) bond motifs is 1. The Morgan fingerprint density at radius 1 is 0.850 bits per heavy atom. The van der Waals surface area contributed by atoms with E-state index in [0.717, 1.165) is 0 Å². The maximum absolute atomic E-state index is 2.63. The SMILES string of the molecule is Cc1ccc2ccn(S(C(C)C)(C(C)C)C(C)C)c2c1. The molecule has 2 aromatic rings. The molecule has 0 radical (unpaired) electrons. The zero-order valence-electron chi connectivity index (χ0n) is 14.0. The van der Waals surface area contributed by atoms with Gasteiger partial charge in [-0.3, -0.25) is 0 Å². The second kappa shape index (κ2) is 5.48. The molecule has 1 heterocycles. The number of nitrogens with zero attached hydrogens (tertiary/aromatic N) is 1. The van der Waals surface area contributed by atoms with Crippen LogP contribution in [0.15, 0.2) is 30.5 Å². The first-order chi connectivity index (χ1) is 9.31. The molecule has 0 aliphatic heterocycles. The van der Waals surface area contributed by atoms with E-state index in [-0.39, 0.29) is 0 Å². The highest BCUT2D eigenvalue weighted by Gasteiger charge is 2.36. The monoisotopic (exact) mass is 291 g/mol. The highest BCUT2D eigenvalue weighted by molar-refractivity contribution is 8.33. The van der Waals surface area contributed by atoms with Crippen molar-refractivity contribution in [1.82, 2.24) is 3.97 Å². The van der Waals surface area contributed by atoms with Crippen molar-refractivity contribution in [3.8, 4) is 0 Å². The van der Waals surface area contributed by atoms with Crippen LogP contribution in [0.25, 0.3) is 10.9 Å². The van der Waals surface area contributed by atoms with Gasteiger partial charge in [-0.25, -0.2) is 0 Å². The average molecular weight is 292 g/mol. The van der Waals surface area contributed by atoms with Gasteiger partial charge in [0.2, 0.25) is 0 Å². The Morgan fingerprint density at radius 3 is 1.90 bits per heavy atom. The van der Waals surface area contributed by atoms with E-state index in [1.165, 1.54) is 16.5 Å². The van der Waals surface area contributed by atoms with Gasteiger partial charge in [-0.05, 0) is 24.6 Å². The summed E-state index contributed by atoms with van der Waals surface area (Å²) >= 11 is 0. The number of hydrogen-bond acceptors (Lipinski definition) is 0. The summed E-state index contributed by atoms with van der Waals surface area (Å²) in [6.07, 6.45) is 2.33. The third-order valence-electron chi connectivity index (χ3n) is 4.42. The number of benzene rings is 1. The second-order valence-electron chi connectivity index (χ2n) is 6.57. The highest BCUT2D eigenvalue weighted by Crippen LogP contribution is 2.62. The molecule has 0 spiro atoms. The Kier molecular flexibility index (Phi) is 4.24. The van der Waals surface area contributed by atoms with Crippen molar-refractivity contribution in [1.29, 1.82) is 0 Å². The normalized spacial score (nSPS) is 13.9. The Labute approximate surface area is 125 Å². The highest BCUT2D eigenvalue weighted by atomic mass is 32.3. The Bertz CT molecular complexity index is 571. The van der Waals surface area contributed by atoms with Gasteiger partial charge >= 0.3 is 0 Å². The summed E-state index contributed by atoms with van der Waals surface area (Å²) in [6.45, 7) is 16.6. The molecule has 1 nitrogen and oxygen atoms in total. The van der Waals surface area contributed by atoms with Crippen LogP contribution in [0.3, 0.4) is 0 Å². The van der Waals surface area contributed by atoms with Crippen molar-refractivity contribution < 1.29 is 0 Å². The lowest BCUT2D eigenvalue weighted by Gasteiger charge is -2.52. The van der Waals surface area contributed by atoms with Crippen molar-refractivity contribution in [2.75, 3.05) is 0 Å². The standard InChI is InChI=1S/C18H29NS/c1-13(2)20(14(3)4,15(5)6)19-11-10-17-9-8-16(7)12-18(17)19/h8-15H,1-7H3. The van der Waals surface area contributed by atoms with Gasteiger partial charge in [0.15, 0.2) is 0 Å². The third-order valence-corrected chi connectivity index (χ3v) is 9.95. The molecule has 0 unspecified atom stereocenters. The van der Waals surface area contributed by atoms with Crippen LogP contribution in [0.4, 0.5) is 0 Å². The minimum Gasteiger partial charge on any atom is -0.309 e. The molecule has 2 heteroatoms. The summed E-state index contributed by atoms with van der Waals surface area (Å²) < 4.78 is 2.63. The third kappa shape index (κ3) is 2.18. The predicted molar refractivity (Wildman–Crippen MR) is 95.1 cm³/mol. The first-order valence-corrected chi connectivity index (χ1v) is 9.47. The summed E-state index contributed by atoms with van der Waals surface area (Å²) in [5.74, 6) is 0. The quantitative estimate of drug-likeness (QED) is 0.676. The van der Waals surface area contributed by atoms with Gasteiger partial charge in [-0.1, -0.05) is 53.7 Å². The van der Waals surface area contributed by atoms with Crippen molar-refractivity contribution in [3.05, 3.63) is 36.0 Å². The fourth-order valence-electron chi connectivity index (χ4n) is 3.80. The molecule has 1 aromatic carbocycles. The van der Waals surface area contributed by atoms with Crippen LogP contribution in [0.5, 0.6) is 0 Å². The molecule has 1 aromatic heterocycles. The lowest BCUT2D eigenvalue weighted by Crippen LogP contribution is -2.33. The van der Waals surface area contributed by atoms with Gasteiger partial charge in [0, 0.05) is 27.3 Å². The largest absolute Gasteiger partial charge is 0.309 e. The first kappa shape index (κ1) is 15.5. The minimum absolute atomic E-state index is 0.679. The predicted octanol–water partition coefficient (Wildman–Crippen LogP) is 5.74. The van der Waals surface area contributed by atoms with Crippen LogP contribution in [0.2, 0.25) is 0 Å². The molecule has 0 N–H and O–H groups in total. The first-order valence-electron chi connectivity index (χ1n) is 7.70. The molecule has 20 heavy (non-hydrogen) atoms. The van der Waals surface area contributed by atoms with E-state index >= 15 is 0 Å². The van der Waals surface area contributed by atoms with E-state index in [0.29, 0.717) is 15.7 Å². The summed E-state index contributed by atoms with van der Waals surface area (Å²) in [5, 5.41) is 3.41. The maximum atomic E-state index is 2.63. The van der Waals surface area contributed by atoms with Crippen LogP contribution >= 0.6 is 10.2 Å². The molecule has 112 valence electrons. The zero-order chi connectivity index (χ0) is 15.1. The Balaban J connectivity index is 2.78. The number of aryl methyl sites for hydroxylation is 1. The number of hydrogen-bond donors (Lipinski definition) is 0. The summed E-state index contributed by atoms with van der Waals surface area (Å²) in [7, 11) is -0.908. The summed E-state index contributed by atoms with van der Waals surface area (Å²) in [6, 6.07) is 9.10. The van der Waals surface area contributed by atoms with Crippen molar-refractivity contribution in [3.63, 3.8) is 0 Å². The second-order valence-corrected chi connectivity index (χ2v) is 11.2. The molecule has 0 amide bonds. The molecule has 0 atom stereocenters. The van der Waals surface area contributed by atoms with Crippen molar-refractivity contribution in [2.24, 2.45) is 0 Å². The minimum atomic E-state index is -0.908. The van der Waals surface area contributed by atoms with Crippen LogP contribution in [-0.4, -0.2) is 19.7 Å². The number of rotatable bonds is 4. The molecule has 0 aliphatic carbocycles. The fourth-order valence-corrected chi connectivity index (χ4v) is 9.20. The molecular weight excluding hydrogens is 262 g/mol. The summed E-state index contributed by atoms with van der Waals surface area (Å²) in [4.78, 5) is 0. The molecule has 0 saturated carbocycles. The van der Waals surface area contributed by atoms with Crippen LogP contribution < -0.4 is 0 Å². The lowest BCUT2D eigenvalue weighted by atomic mass is 10.2. The van der Waals surface area contributed by atoms with Gasteiger partial charge in [-0.15, -0.1) is 0 Å². The Morgan fingerprint density at radius 2 is 1.40 bits per heavy atom. The molecule has 0 fully saturated rings. The summed E-state index contributed by atoms with van der Waals surface area (Å²) in [5.41, 5.74) is 2.76. The zero-order valence-corrected chi connectivity index (χ0v) is 14.8. The fraction of sp³-hybridized carbons (Fsp3) is 0.556.